The highest BCUT2D eigenvalue weighted by Gasteiger charge is 2.08. The molecule has 0 aromatic heterocycles. The van der Waals surface area contributed by atoms with Gasteiger partial charge in [-0.3, -0.25) is 4.79 Å². The monoisotopic (exact) mass is 212 g/mol. The quantitative estimate of drug-likeness (QED) is 0.495. The number of hydrogen-bond donors (Lipinski definition) is 1. The third-order valence-electron chi connectivity index (χ3n) is 1.98. The van der Waals surface area contributed by atoms with Gasteiger partial charge in [0.25, 0.3) is 0 Å². The molecule has 0 saturated carbocycles. The highest BCUT2D eigenvalue weighted by atomic mass is 16.5. The summed E-state index contributed by atoms with van der Waals surface area (Å²) in [7, 11) is 0. The largest absolute Gasteiger partial charge is 0.462 e. The second-order valence-electron chi connectivity index (χ2n) is 3.52. The van der Waals surface area contributed by atoms with Crippen molar-refractivity contribution in [1.29, 1.82) is 0 Å². The Morgan fingerprint density at radius 2 is 2.20 bits per heavy atom. The maximum Gasteiger partial charge on any atom is 0.306 e. The van der Waals surface area contributed by atoms with Crippen molar-refractivity contribution < 1.29 is 14.6 Å². The minimum Gasteiger partial charge on any atom is -0.462 e. The van der Waals surface area contributed by atoms with Crippen molar-refractivity contribution in [1.82, 2.24) is 0 Å². The zero-order chi connectivity index (χ0) is 11.7. The number of carbonyl (C=O) groups is 1. The molecule has 0 rings (SSSR count). The predicted molar refractivity (Wildman–Crippen MR) is 60.4 cm³/mol. The summed E-state index contributed by atoms with van der Waals surface area (Å²) in [6.07, 6.45) is 4.72. The van der Waals surface area contributed by atoms with Gasteiger partial charge in [-0.1, -0.05) is 12.2 Å². The molecule has 3 heteroatoms. The Morgan fingerprint density at radius 1 is 1.53 bits per heavy atom. The lowest BCUT2D eigenvalue weighted by Gasteiger charge is -2.11. The molecule has 3 nitrogen and oxygen atoms in total. The second-order valence-corrected chi connectivity index (χ2v) is 3.52. The highest BCUT2D eigenvalue weighted by molar-refractivity contribution is 5.69. The fourth-order valence-electron chi connectivity index (χ4n) is 1.14. The third-order valence-corrected chi connectivity index (χ3v) is 1.98. The van der Waals surface area contributed by atoms with Gasteiger partial charge in [-0.2, -0.15) is 0 Å². The van der Waals surface area contributed by atoms with Gasteiger partial charge in [0.05, 0.1) is 6.10 Å². The molecular weight excluding hydrogens is 192 g/mol. The van der Waals surface area contributed by atoms with E-state index in [1.54, 1.807) is 6.08 Å². The van der Waals surface area contributed by atoms with Gasteiger partial charge in [0.2, 0.25) is 0 Å². The summed E-state index contributed by atoms with van der Waals surface area (Å²) in [5.74, 6) is -0.222. The molecule has 2 atom stereocenters. The van der Waals surface area contributed by atoms with Crippen molar-refractivity contribution in [3.05, 3.63) is 25.3 Å². The van der Waals surface area contributed by atoms with Gasteiger partial charge < -0.3 is 9.84 Å². The maximum absolute atomic E-state index is 11.2. The molecule has 0 aliphatic heterocycles. The molecule has 0 bridgehead atoms. The van der Waals surface area contributed by atoms with E-state index in [2.05, 4.69) is 13.2 Å². The van der Waals surface area contributed by atoms with Crippen molar-refractivity contribution in [2.45, 2.75) is 44.8 Å². The predicted octanol–water partition coefficient (Wildman–Crippen LogP) is 2.21. The molecule has 0 spiro atoms. The third kappa shape index (κ3) is 7.94. The lowest BCUT2D eigenvalue weighted by atomic mass is 10.1. The van der Waals surface area contributed by atoms with Crippen LogP contribution < -0.4 is 0 Å². The van der Waals surface area contributed by atoms with Gasteiger partial charge >= 0.3 is 5.97 Å². The first kappa shape index (κ1) is 13.9. The molecule has 0 heterocycles. The number of ether oxygens (including phenoxy) is 1. The topological polar surface area (TPSA) is 46.5 Å². The van der Waals surface area contributed by atoms with E-state index in [0.717, 1.165) is 0 Å². The average Bonchev–Trinajstić information content (AvgIpc) is 2.17. The van der Waals surface area contributed by atoms with E-state index >= 15 is 0 Å². The van der Waals surface area contributed by atoms with Gasteiger partial charge in [-0.15, -0.1) is 13.2 Å². The van der Waals surface area contributed by atoms with E-state index in [4.69, 9.17) is 9.84 Å². The Hall–Kier alpha value is -1.09. The maximum atomic E-state index is 11.2. The molecule has 0 radical (unpaired) electrons. The van der Waals surface area contributed by atoms with Crippen LogP contribution in [0.25, 0.3) is 0 Å². The number of esters is 1. The van der Waals surface area contributed by atoms with Gasteiger partial charge in [0.15, 0.2) is 0 Å². The van der Waals surface area contributed by atoms with Crippen LogP contribution in [0.15, 0.2) is 25.3 Å². The van der Waals surface area contributed by atoms with Gasteiger partial charge in [0.1, 0.15) is 6.10 Å². The van der Waals surface area contributed by atoms with Crippen LogP contribution in [-0.4, -0.2) is 23.3 Å². The molecule has 86 valence electrons. The Bertz CT molecular complexity index is 211. The Morgan fingerprint density at radius 3 is 2.73 bits per heavy atom. The summed E-state index contributed by atoms with van der Waals surface area (Å²) in [5.41, 5.74) is 0. The highest BCUT2D eigenvalue weighted by Crippen LogP contribution is 2.05. The SMILES string of the molecule is C=CC[C@@H](C)OC(=O)CCC[C@@H](O)C=C. The van der Waals surface area contributed by atoms with E-state index in [0.29, 0.717) is 25.7 Å². The number of rotatable bonds is 8. The first-order chi connectivity index (χ1) is 7.10. The minimum atomic E-state index is -0.525. The van der Waals surface area contributed by atoms with Crippen molar-refractivity contribution in [3.63, 3.8) is 0 Å². The average molecular weight is 212 g/mol. The molecule has 0 aromatic rings. The lowest BCUT2D eigenvalue weighted by Crippen LogP contribution is -2.14. The molecule has 15 heavy (non-hydrogen) atoms. The fourth-order valence-corrected chi connectivity index (χ4v) is 1.14. The molecule has 0 aromatic carbocycles. The van der Waals surface area contributed by atoms with E-state index < -0.39 is 6.10 Å². The second kappa shape index (κ2) is 8.24. The van der Waals surface area contributed by atoms with Crippen LogP contribution in [0, 0.1) is 0 Å². The standard InChI is InChI=1S/C12H20O3/c1-4-7-10(3)15-12(14)9-6-8-11(13)5-2/h4-5,10-11,13H,1-2,6-9H2,3H3/t10-,11+/m1/s1. The number of carbonyl (C=O) groups excluding carboxylic acids is 1. The molecule has 0 amide bonds. The number of aliphatic hydroxyl groups excluding tert-OH is 1. The van der Waals surface area contributed by atoms with Crippen molar-refractivity contribution >= 4 is 5.97 Å². The summed E-state index contributed by atoms with van der Waals surface area (Å²) >= 11 is 0. The van der Waals surface area contributed by atoms with Gasteiger partial charge in [-0.25, -0.2) is 0 Å². The van der Waals surface area contributed by atoms with Crippen LogP contribution >= 0.6 is 0 Å². The summed E-state index contributed by atoms with van der Waals surface area (Å²) in [5, 5.41) is 9.15. The Labute approximate surface area is 91.4 Å². The summed E-state index contributed by atoms with van der Waals surface area (Å²) in [4.78, 5) is 11.2. The van der Waals surface area contributed by atoms with Crippen LogP contribution in [0.1, 0.15) is 32.6 Å². The normalized spacial score (nSPS) is 14.0. The smallest absolute Gasteiger partial charge is 0.306 e. The summed E-state index contributed by atoms with van der Waals surface area (Å²) in [6.45, 7) is 8.85. The molecule has 0 aliphatic rings. The van der Waals surface area contributed by atoms with Crippen LogP contribution in [0.3, 0.4) is 0 Å². The zero-order valence-corrected chi connectivity index (χ0v) is 9.32. The van der Waals surface area contributed by atoms with Crippen LogP contribution in [0.5, 0.6) is 0 Å². The molecule has 0 aliphatic carbocycles. The van der Waals surface area contributed by atoms with Crippen LogP contribution in [0.2, 0.25) is 0 Å². The zero-order valence-electron chi connectivity index (χ0n) is 9.32. The first-order valence-corrected chi connectivity index (χ1v) is 5.21. The fraction of sp³-hybridized carbons (Fsp3) is 0.583. The Balaban J connectivity index is 3.56. The van der Waals surface area contributed by atoms with Crippen molar-refractivity contribution in [2.75, 3.05) is 0 Å². The molecular formula is C12H20O3. The number of hydrogen-bond acceptors (Lipinski definition) is 3. The molecule has 1 N–H and O–H groups in total. The van der Waals surface area contributed by atoms with Crippen LogP contribution in [-0.2, 0) is 9.53 Å². The lowest BCUT2D eigenvalue weighted by molar-refractivity contribution is -0.148. The summed E-state index contributed by atoms with van der Waals surface area (Å²) < 4.78 is 5.09. The minimum absolute atomic E-state index is 0.112. The van der Waals surface area contributed by atoms with Crippen molar-refractivity contribution in [3.8, 4) is 0 Å². The molecule has 0 fully saturated rings. The summed E-state index contributed by atoms with van der Waals surface area (Å²) in [6, 6.07) is 0. The van der Waals surface area contributed by atoms with Crippen LogP contribution in [0.4, 0.5) is 0 Å². The first-order valence-electron chi connectivity index (χ1n) is 5.21. The number of aliphatic hydroxyl groups is 1. The van der Waals surface area contributed by atoms with E-state index in [9.17, 15) is 4.79 Å². The van der Waals surface area contributed by atoms with Gasteiger partial charge in [0, 0.05) is 12.8 Å². The Kier molecular flexibility index (Phi) is 7.64. The van der Waals surface area contributed by atoms with E-state index in [1.165, 1.54) is 6.08 Å². The molecule has 0 saturated heterocycles. The van der Waals surface area contributed by atoms with E-state index in [1.807, 2.05) is 6.92 Å². The molecule has 0 unspecified atom stereocenters. The van der Waals surface area contributed by atoms with Crippen molar-refractivity contribution in [2.24, 2.45) is 0 Å². The van der Waals surface area contributed by atoms with E-state index in [-0.39, 0.29) is 12.1 Å². The van der Waals surface area contributed by atoms with Gasteiger partial charge in [-0.05, 0) is 19.8 Å².